The summed E-state index contributed by atoms with van der Waals surface area (Å²) in [6, 6.07) is 3.00. The zero-order chi connectivity index (χ0) is 11.4. The maximum atomic E-state index is 9.21. The summed E-state index contributed by atoms with van der Waals surface area (Å²) in [4.78, 5) is 2.50. The van der Waals surface area contributed by atoms with Crippen LogP contribution in [-0.4, -0.2) is 36.7 Å². The zero-order valence-electron chi connectivity index (χ0n) is 10.2. The molecule has 0 N–H and O–H groups in total. The highest BCUT2D eigenvalue weighted by molar-refractivity contribution is 4.96. The second-order valence-corrected chi connectivity index (χ2v) is 4.98. The number of hydrogen-bond acceptors (Lipinski definition) is 3. The van der Waals surface area contributed by atoms with E-state index in [0.717, 1.165) is 32.5 Å². The van der Waals surface area contributed by atoms with Crippen LogP contribution < -0.4 is 0 Å². The standard InChI is InChI=1S/C13H22N2O/c1-2-12-10-15(7-8-16-12)13-6-4-3-5-11(13)9-14/h11-13H,2-8,10H2,1H3. The molecule has 0 spiro atoms. The fraction of sp³-hybridized carbons (Fsp3) is 0.923. The molecule has 1 heterocycles. The highest BCUT2D eigenvalue weighted by atomic mass is 16.5. The van der Waals surface area contributed by atoms with Crippen molar-refractivity contribution in [1.29, 1.82) is 5.26 Å². The fourth-order valence-electron chi connectivity index (χ4n) is 2.99. The third-order valence-corrected chi connectivity index (χ3v) is 3.99. The summed E-state index contributed by atoms with van der Waals surface area (Å²) in [6.07, 6.45) is 6.28. The van der Waals surface area contributed by atoms with E-state index < -0.39 is 0 Å². The normalized spacial score (nSPS) is 36.9. The van der Waals surface area contributed by atoms with Gasteiger partial charge in [0.15, 0.2) is 0 Å². The van der Waals surface area contributed by atoms with Crippen LogP contribution in [0.2, 0.25) is 0 Å². The summed E-state index contributed by atoms with van der Waals surface area (Å²) in [5, 5.41) is 9.21. The highest BCUT2D eigenvalue weighted by Gasteiger charge is 2.32. The van der Waals surface area contributed by atoms with Crippen LogP contribution in [0.25, 0.3) is 0 Å². The lowest BCUT2D eigenvalue weighted by Crippen LogP contribution is -2.50. The highest BCUT2D eigenvalue weighted by Crippen LogP contribution is 2.29. The second-order valence-electron chi connectivity index (χ2n) is 4.98. The molecule has 2 rings (SSSR count). The molecule has 2 fully saturated rings. The second kappa shape index (κ2) is 5.65. The molecule has 0 aromatic rings. The van der Waals surface area contributed by atoms with Gasteiger partial charge in [-0.15, -0.1) is 0 Å². The molecule has 0 aromatic carbocycles. The molecule has 1 aliphatic heterocycles. The van der Waals surface area contributed by atoms with Crippen LogP contribution in [0.15, 0.2) is 0 Å². The quantitative estimate of drug-likeness (QED) is 0.718. The van der Waals surface area contributed by atoms with E-state index >= 15 is 0 Å². The molecule has 0 amide bonds. The van der Waals surface area contributed by atoms with Crippen molar-refractivity contribution in [3.63, 3.8) is 0 Å². The predicted molar refractivity (Wildman–Crippen MR) is 63.0 cm³/mol. The first-order valence-corrected chi connectivity index (χ1v) is 6.60. The van der Waals surface area contributed by atoms with Crippen LogP contribution in [-0.2, 0) is 4.74 Å². The van der Waals surface area contributed by atoms with E-state index in [1.54, 1.807) is 0 Å². The van der Waals surface area contributed by atoms with E-state index in [2.05, 4.69) is 17.9 Å². The summed E-state index contributed by atoms with van der Waals surface area (Å²) in [5.41, 5.74) is 0. The monoisotopic (exact) mass is 222 g/mol. The van der Waals surface area contributed by atoms with Crippen molar-refractivity contribution in [2.75, 3.05) is 19.7 Å². The van der Waals surface area contributed by atoms with Gasteiger partial charge in [0.1, 0.15) is 0 Å². The molecule has 1 saturated carbocycles. The molecule has 1 saturated heterocycles. The van der Waals surface area contributed by atoms with Crippen molar-refractivity contribution in [3.05, 3.63) is 0 Å². The zero-order valence-corrected chi connectivity index (χ0v) is 10.2. The minimum atomic E-state index is 0.254. The minimum absolute atomic E-state index is 0.254. The number of nitriles is 1. The number of ether oxygens (including phenoxy) is 1. The summed E-state index contributed by atoms with van der Waals surface area (Å²) in [7, 11) is 0. The van der Waals surface area contributed by atoms with Gasteiger partial charge in [-0.3, -0.25) is 4.90 Å². The largest absolute Gasteiger partial charge is 0.376 e. The Morgan fingerprint density at radius 2 is 2.19 bits per heavy atom. The van der Waals surface area contributed by atoms with Crippen molar-refractivity contribution >= 4 is 0 Å². The van der Waals surface area contributed by atoms with E-state index in [1.165, 1.54) is 19.3 Å². The first-order chi connectivity index (χ1) is 7.85. The van der Waals surface area contributed by atoms with Crippen LogP contribution in [0.3, 0.4) is 0 Å². The van der Waals surface area contributed by atoms with Crippen LogP contribution in [0.5, 0.6) is 0 Å². The number of nitrogens with zero attached hydrogens (tertiary/aromatic N) is 2. The average Bonchev–Trinajstić information content (AvgIpc) is 2.38. The van der Waals surface area contributed by atoms with Gasteiger partial charge >= 0.3 is 0 Å². The first kappa shape index (κ1) is 11.9. The molecule has 3 unspecified atom stereocenters. The van der Waals surface area contributed by atoms with Gasteiger partial charge in [-0.2, -0.15) is 5.26 Å². The van der Waals surface area contributed by atoms with Crippen LogP contribution >= 0.6 is 0 Å². The Balaban J connectivity index is 1.96. The van der Waals surface area contributed by atoms with Crippen molar-refractivity contribution in [3.8, 4) is 6.07 Å². The van der Waals surface area contributed by atoms with E-state index in [4.69, 9.17) is 4.74 Å². The van der Waals surface area contributed by atoms with E-state index in [0.29, 0.717) is 12.1 Å². The third kappa shape index (κ3) is 2.56. The number of morpholine rings is 1. The lowest BCUT2D eigenvalue weighted by Gasteiger charge is -2.41. The van der Waals surface area contributed by atoms with Gasteiger partial charge in [0, 0.05) is 19.1 Å². The van der Waals surface area contributed by atoms with Gasteiger partial charge in [0.05, 0.1) is 24.7 Å². The van der Waals surface area contributed by atoms with Crippen molar-refractivity contribution < 1.29 is 4.74 Å². The lowest BCUT2D eigenvalue weighted by molar-refractivity contribution is -0.0544. The van der Waals surface area contributed by atoms with Crippen LogP contribution in [0.4, 0.5) is 0 Å². The van der Waals surface area contributed by atoms with Gasteiger partial charge in [-0.25, -0.2) is 0 Å². The van der Waals surface area contributed by atoms with Gasteiger partial charge in [0.2, 0.25) is 0 Å². The lowest BCUT2D eigenvalue weighted by atomic mass is 9.84. The van der Waals surface area contributed by atoms with Crippen LogP contribution in [0, 0.1) is 17.2 Å². The Morgan fingerprint density at radius 3 is 2.94 bits per heavy atom. The Morgan fingerprint density at radius 1 is 1.38 bits per heavy atom. The summed E-state index contributed by atoms with van der Waals surface area (Å²) < 4.78 is 5.69. The van der Waals surface area contributed by atoms with Gasteiger partial charge < -0.3 is 4.74 Å². The smallest absolute Gasteiger partial charge is 0.0700 e. The molecular weight excluding hydrogens is 200 g/mol. The fourth-order valence-corrected chi connectivity index (χ4v) is 2.99. The van der Waals surface area contributed by atoms with Crippen molar-refractivity contribution in [1.82, 2.24) is 4.90 Å². The number of hydrogen-bond donors (Lipinski definition) is 0. The topological polar surface area (TPSA) is 36.3 Å². The molecule has 16 heavy (non-hydrogen) atoms. The van der Waals surface area contributed by atoms with Gasteiger partial charge in [-0.1, -0.05) is 19.8 Å². The maximum absolute atomic E-state index is 9.21. The molecule has 3 heteroatoms. The molecular formula is C13H22N2O. The van der Waals surface area contributed by atoms with Crippen molar-refractivity contribution in [2.45, 2.75) is 51.2 Å². The molecule has 2 aliphatic rings. The first-order valence-electron chi connectivity index (χ1n) is 6.60. The maximum Gasteiger partial charge on any atom is 0.0700 e. The Kier molecular flexibility index (Phi) is 4.20. The Labute approximate surface area is 98.4 Å². The SMILES string of the molecule is CCC1CN(C2CCCCC2C#N)CCO1. The average molecular weight is 222 g/mol. The molecule has 0 bridgehead atoms. The molecule has 1 aliphatic carbocycles. The molecule has 3 nitrogen and oxygen atoms in total. The van der Waals surface area contributed by atoms with Gasteiger partial charge in [0.25, 0.3) is 0 Å². The molecule has 3 atom stereocenters. The third-order valence-electron chi connectivity index (χ3n) is 3.99. The Bertz CT molecular complexity index is 261. The van der Waals surface area contributed by atoms with Gasteiger partial charge in [-0.05, 0) is 19.3 Å². The molecule has 0 radical (unpaired) electrons. The van der Waals surface area contributed by atoms with Crippen LogP contribution in [0.1, 0.15) is 39.0 Å². The number of rotatable bonds is 2. The molecule has 0 aromatic heterocycles. The minimum Gasteiger partial charge on any atom is -0.376 e. The summed E-state index contributed by atoms with van der Waals surface area (Å²) in [5.74, 6) is 0.254. The van der Waals surface area contributed by atoms with E-state index in [1.807, 2.05) is 0 Å². The molecule has 90 valence electrons. The summed E-state index contributed by atoms with van der Waals surface area (Å²) in [6.45, 7) is 5.06. The van der Waals surface area contributed by atoms with E-state index in [-0.39, 0.29) is 5.92 Å². The van der Waals surface area contributed by atoms with E-state index in [9.17, 15) is 5.26 Å². The van der Waals surface area contributed by atoms with Crippen molar-refractivity contribution in [2.24, 2.45) is 5.92 Å². The summed E-state index contributed by atoms with van der Waals surface area (Å²) >= 11 is 0. The predicted octanol–water partition coefficient (Wildman–Crippen LogP) is 2.18. The Hall–Kier alpha value is -0.590.